The van der Waals surface area contributed by atoms with Crippen molar-refractivity contribution in [2.45, 2.75) is 24.9 Å². The van der Waals surface area contributed by atoms with Crippen LogP contribution in [0, 0.1) is 0 Å². The molecule has 142 valence electrons. The number of nitrogens with zero attached hydrogens (tertiary/aromatic N) is 3. The molecule has 0 bridgehead atoms. The Hall–Kier alpha value is -2.70. The molecule has 0 aliphatic carbocycles. The summed E-state index contributed by atoms with van der Waals surface area (Å²) in [6.07, 6.45) is 3.81. The largest absolute Gasteiger partial charge is 0.328 e. The summed E-state index contributed by atoms with van der Waals surface area (Å²) >= 11 is 1.59. The number of aromatic nitrogens is 3. The van der Waals surface area contributed by atoms with E-state index in [1.807, 2.05) is 34.9 Å². The van der Waals surface area contributed by atoms with E-state index in [4.69, 9.17) is 4.37 Å². The molecule has 1 unspecified atom stereocenters. The van der Waals surface area contributed by atoms with E-state index in [1.54, 1.807) is 11.5 Å². The van der Waals surface area contributed by atoms with E-state index in [9.17, 15) is 4.79 Å². The van der Waals surface area contributed by atoms with Crippen molar-refractivity contribution in [3.63, 3.8) is 0 Å². The van der Waals surface area contributed by atoms with Crippen molar-refractivity contribution in [3.05, 3.63) is 77.4 Å². The number of piperidine rings is 1. The van der Waals surface area contributed by atoms with Gasteiger partial charge in [-0.15, -0.1) is 0 Å². The number of fused-ring (bicyclic) bond motifs is 2. The quantitative estimate of drug-likeness (QED) is 0.522. The fourth-order valence-corrected chi connectivity index (χ4v) is 5.25. The van der Waals surface area contributed by atoms with Crippen LogP contribution in [0.4, 0.5) is 0 Å². The van der Waals surface area contributed by atoms with Crippen LogP contribution in [0.1, 0.15) is 30.6 Å². The van der Waals surface area contributed by atoms with Crippen molar-refractivity contribution >= 4 is 32.7 Å². The Labute approximate surface area is 167 Å². The average molecular weight is 391 g/mol. The maximum atomic E-state index is 12.6. The second-order valence-corrected chi connectivity index (χ2v) is 8.15. The third-order valence-corrected chi connectivity index (χ3v) is 6.64. The SMILES string of the molecule is C=CC(N1CCC(c2nsc3ccccc23)CC1)n1c(=O)[nH]c2ccccc21. The lowest BCUT2D eigenvalue weighted by atomic mass is 9.91. The maximum Gasteiger partial charge on any atom is 0.328 e. The summed E-state index contributed by atoms with van der Waals surface area (Å²) in [4.78, 5) is 17.9. The minimum Gasteiger partial charge on any atom is -0.305 e. The molecule has 2 aromatic heterocycles. The van der Waals surface area contributed by atoms with Crippen LogP contribution in [0.3, 0.4) is 0 Å². The molecule has 1 atom stereocenters. The molecule has 6 heteroatoms. The van der Waals surface area contributed by atoms with Crippen LogP contribution in [0.25, 0.3) is 21.1 Å². The molecule has 1 saturated heterocycles. The van der Waals surface area contributed by atoms with E-state index in [0.29, 0.717) is 5.92 Å². The second-order valence-electron chi connectivity index (χ2n) is 7.34. The van der Waals surface area contributed by atoms with Crippen LogP contribution in [-0.4, -0.2) is 31.9 Å². The lowest BCUT2D eigenvalue weighted by Crippen LogP contribution is -2.40. The van der Waals surface area contributed by atoms with Gasteiger partial charge in [0.15, 0.2) is 0 Å². The Morgan fingerprint density at radius 3 is 2.71 bits per heavy atom. The second kappa shape index (κ2) is 7.04. The molecule has 3 heterocycles. The zero-order valence-corrected chi connectivity index (χ0v) is 16.4. The molecule has 1 aliphatic rings. The monoisotopic (exact) mass is 390 g/mol. The van der Waals surface area contributed by atoms with Crippen LogP contribution >= 0.6 is 11.5 Å². The summed E-state index contributed by atoms with van der Waals surface area (Å²) in [5, 5.41) is 1.29. The van der Waals surface area contributed by atoms with Gasteiger partial charge in [0.25, 0.3) is 0 Å². The first-order valence-electron chi connectivity index (χ1n) is 9.66. The van der Waals surface area contributed by atoms with Crippen molar-refractivity contribution in [2.75, 3.05) is 13.1 Å². The fourth-order valence-electron chi connectivity index (χ4n) is 4.39. The van der Waals surface area contributed by atoms with Gasteiger partial charge in [-0.25, -0.2) is 4.79 Å². The summed E-state index contributed by atoms with van der Waals surface area (Å²) in [7, 11) is 0. The van der Waals surface area contributed by atoms with E-state index in [1.165, 1.54) is 15.8 Å². The lowest BCUT2D eigenvalue weighted by Gasteiger charge is -2.36. The summed E-state index contributed by atoms with van der Waals surface area (Å²) < 4.78 is 7.84. The third kappa shape index (κ3) is 2.80. The summed E-state index contributed by atoms with van der Waals surface area (Å²) in [5.74, 6) is 0.470. The summed E-state index contributed by atoms with van der Waals surface area (Å²) in [6.45, 7) is 5.86. The number of imidazole rings is 1. The van der Waals surface area contributed by atoms with Gasteiger partial charge in [-0.2, -0.15) is 4.37 Å². The molecule has 1 fully saturated rings. The van der Waals surface area contributed by atoms with Gasteiger partial charge in [-0.05, 0) is 42.6 Å². The number of likely N-dealkylation sites (tertiary alicyclic amines) is 1. The van der Waals surface area contributed by atoms with E-state index in [-0.39, 0.29) is 11.9 Å². The van der Waals surface area contributed by atoms with Gasteiger partial charge in [0.05, 0.1) is 21.4 Å². The fraction of sp³-hybridized carbons (Fsp3) is 0.273. The van der Waals surface area contributed by atoms with Gasteiger partial charge in [0.2, 0.25) is 0 Å². The van der Waals surface area contributed by atoms with Crippen LogP contribution in [0.15, 0.2) is 66.0 Å². The number of hydrogen-bond donors (Lipinski definition) is 1. The predicted octanol–water partition coefficient (Wildman–Crippen LogP) is 4.50. The number of rotatable bonds is 4. The number of H-pyrrole nitrogens is 1. The van der Waals surface area contributed by atoms with E-state index in [0.717, 1.165) is 37.0 Å². The summed E-state index contributed by atoms with van der Waals surface area (Å²) in [6, 6.07) is 16.3. The van der Waals surface area contributed by atoms with Crippen LogP contribution < -0.4 is 5.69 Å². The molecule has 0 spiro atoms. The number of nitrogens with one attached hydrogen (secondary N) is 1. The highest BCUT2D eigenvalue weighted by Gasteiger charge is 2.29. The molecule has 1 N–H and O–H groups in total. The molecule has 28 heavy (non-hydrogen) atoms. The Bertz CT molecular complexity index is 1200. The zero-order chi connectivity index (χ0) is 19.1. The molecular weight excluding hydrogens is 368 g/mol. The Morgan fingerprint density at radius 2 is 1.89 bits per heavy atom. The molecular formula is C22H22N4OS. The Morgan fingerprint density at radius 1 is 1.14 bits per heavy atom. The molecule has 0 radical (unpaired) electrons. The number of aromatic amines is 1. The minimum atomic E-state index is -0.142. The van der Waals surface area contributed by atoms with Crippen molar-refractivity contribution in [2.24, 2.45) is 0 Å². The molecule has 5 rings (SSSR count). The van der Waals surface area contributed by atoms with Gasteiger partial charge < -0.3 is 4.98 Å². The van der Waals surface area contributed by atoms with E-state index >= 15 is 0 Å². The Kier molecular flexibility index (Phi) is 4.37. The molecule has 5 nitrogen and oxygen atoms in total. The Balaban J connectivity index is 1.40. The van der Waals surface area contributed by atoms with E-state index in [2.05, 4.69) is 40.7 Å². The standard InChI is InChI=1S/C22H22N4OS/c1-2-20(26-18-9-5-4-8-17(18)23-22(26)27)25-13-11-15(12-14-25)21-16-7-3-6-10-19(16)28-24-21/h2-10,15,20H,1,11-14H2,(H,23,27). The van der Waals surface area contributed by atoms with Crippen molar-refractivity contribution in [1.29, 1.82) is 0 Å². The third-order valence-electron chi connectivity index (χ3n) is 5.80. The first-order chi connectivity index (χ1) is 13.8. The highest BCUT2D eigenvalue weighted by molar-refractivity contribution is 7.13. The zero-order valence-electron chi connectivity index (χ0n) is 15.5. The maximum absolute atomic E-state index is 12.6. The van der Waals surface area contributed by atoms with Crippen LogP contribution in [0.2, 0.25) is 0 Å². The molecule has 1 aliphatic heterocycles. The highest BCUT2D eigenvalue weighted by atomic mass is 32.1. The lowest BCUT2D eigenvalue weighted by molar-refractivity contribution is 0.137. The molecule has 2 aromatic carbocycles. The first-order valence-corrected chi connectivity index (χ1v) is 10.4. The van der Waals surface area contributed by atoms with Gasteiger partial charge in [0.1, 0.15) is 6.17 Å². The van der Waals surface area contributed by atoms with Crippen molar-refractivity contribution in [1.82, 2.24) is 18.8 Å². The number of benzene rings is 2. The number of hydrogen-bond acceptors (Lipinski definition) is 4. The topological polar surface area (TPSA) is 53.9 Å². The van der Waals surface area contributed by atoms with Crippen LogP contribution in [-0.2, 0) is 0 Å². The molecule has 0 saturated carbocycles. The van der Waals surface area contributed by atoms with Crippen LogP contribution in [0.5, 0.6) is 0 Å². The minimum absolute atomic E-state index is 0.0845. The van der Waals surface area contributed by atoms with E-state index < -0.39 is 0 Å². The molecule has 0 amide bonds. The van der Waals surface area contributed by atoms with Gasteiger partial charge in [-0.1, -0.05) is 43.0 Å². The molecule has 4 aromatic rings. The number of para-hydroxylation sites is 2. The first kappa shape index (κ1) is 17.4. The average Bonchev–Trinajstić information content (AvgIpc) is 3.30. The van der Waals surface area contributed by atoms with Crippen molar-refractivity contribution < 1.29 is 0 Å². The van der Waals surface area contributed by atoms with Crippen molar-refractivity contribution in [3.8, 4) is 0 Å². The summed E-state index contributed by atoms with van der Waals surface area (Å²) in [5.41, 5.74) is 2.94. The smallest absolute Gasteiger partial charge is 0.305 e. The highest BCUT2D eigenvalue weighted by Crippen LogP contribution is 2.35. The van der Waals surface area contributed by atoms with Gasteiger partial charge in [0, 0.05) is 24.4 Å². The normalized spacial score (nSPS) is 17.3. The predicted molar refractivity (Wildman–Crippen MR) is 115 cm³/mol. The van der Waals surface area contributed by atoms with Gasteiger partial charge in [-0.3, -0.25) is 9.47 Å². The van der Waals surface area contributed by atoms with Gasteiger partial charge >= 0.3 is 5.69 Å².